The molecule has 5 nitrogen and oxygen atoms in total. The Kier molecular flexibility index (Phi) is 3.61. The molecule has 0 radical (unpaired) electrons. The van der Waals surface area contributed by atoms with E-state index in [2.05, 4.69) is 16.4 Å². The number of carbonyl (C=O) groups excluding carboxylic acids is 1. The van der Waals surface area contributed by atoms with Crippen LogP contribution in [0.15, 0.2) is 53.7 Å². The summed E-state index contributed by atoms with van der Waals surface area (Å²) in [5, 5.41) is 3.44. The van der Waals surface area contributed by atoms with Gasteiger partial charge in [-0.2, -0.15) is 0 Å². The van der Waals surface area contributed by atoms with Crippen LogP contribution in [-0.4, -0.2) is 15.5 Å². The molecule has 1 aliphatic rings. The Morgan fingerprint density at radius 1 is 1.25 bits per heavy atom. The normalized spacial score (nSPS) is 13.0. The van der Waals surface area contributed by atoms with Crippen molar-refractivity contribution >= 4 is 16.8 Å². The summed E-state index contributed by atoms with van der Waals surface area (Å²) >= 11 is 0. The minimum Gasteiger partial charge on any atom is -0.348 e. The van der Waals surface area contributed by atoms with E-state index in [1.807, 2.05) is 22.8 Å². The number of benzene rings is 1. The van der Waals surface area contributed by atoms with Gasteiger partial charge in [-0.15, -0.1) is 0 Å². The lowest BCUT2D eigenvalue weighted by molar-refractivity contribution is 0.0949. The second-order valence-corrected chi connectivity index (χ2v) is 6.03. The molecular formula is C19H17N3O2. The molecule has 0 spiro atoms. The summed E-state index contributed by atoms with van der Waals surface area (Å²) in [5.74, 6) is -0.342. The first-order chi connectivity index (χ1) is 11.7. The quantitative estimate of drug-likeness (QED) is 0.805. The zero-order valence-corrected chi connectivity index (χ0v) is 13.2. The SMILES string of the molecule is O=C(NCc1cccnc1)c1cn2c3c(cccc3c1=O)CCC2. The average molecular weight is 319 g/mol. The van der Waals surface area contributed by atoms with E-state index in [-0.39, 0.29) is 16.9 Å². The monoisotopic (exact) mass is 319 g/mol. The van der Waals surface area contributed by atoms with Gasteiger partial charge < -0.3 is 9.88 Å². The Labute approximate surface area is 139 Å². The van der Waals surface area contributed by atoms with E-state index in [4.69, 9.17) is 0 Å². The van der Waals surface area contributed by atoms with Gasteiger partial charge in [0.05, 0.1) is 5.52 Å². The van der Waals surface area contributed by atoms with Gasteiger partial charge in [-0.05, 0) is 36.1 Å². The van der Waals surface area contributed by atoms with Crippen molar-refractivity contribution in [3.8, 4) is 0 Å². The van der Waals surface area contributed by atoms with Crippen molar-refractivity contribution < 1.29 is 4.79 Å². The molecule has 0 aliphatic carbocycles. The third-order valence-corrected chi connectivity index (χ3v) is 4.45. The molecule has 0 bridgehead atoms. The van der Waals surface area contributed by atoms with Gasteiger partial charge in [-0.25, -0.2) is 0 Å². The number of hydrogen-bond donors (Lipinski definition) is 1. The maximum Gasteiger partial charge on any atom is 0.257 e. The van der Waals surface area contributed by atoms with Gasteiger partial charge in [0.25, 0.3) is 5.91 Å². The lowest BCUT2D eigenvalue weighted by Gasteiger charge is -2.20. The number of aryl methyl sites for hydroxylation is 2. The number of para-hydroxylation sites is 1. The fraction of sp³-hybridized carbons (Fsp3) is 0.211. The number of amides is 1. The van der Waals surface area contributed by atoms with Crippen LogP contribution in [-0.2, 0) is 19.5 Å². The van der Waals surface area contributed by atoms with E-state index < -0.39 is 0 Å². The Hall–Kier alpha value is -2.95. The largest absolute Gasteiger partial charge is 0.348 e. The van der Waals surface area contributed by atoms with Crippen LogP contribution in [0.4, 0.5) is 0 Å². The first-order valence-corrected chi connectivity index (χ1v) is 8.06. The van der Waals surface area contributed by atoms with Crippen LogP contribution in [0.1, 0.15) is 27.9 Å². The number of nitrogens with zero attached hydrogens (tertiary/aromatic N) is 2. The number of carbonyl (C=O) groups is 1. The predicted molar refractivity (Wildman–Crippen MR) is 91.9 cm³/mol. The first-order valence-electron chi connectivity index (χ1n) is 8.06. The van der Waals surface area contributed by atoms with E-state index in [9.17, 15) is 9.59 Å². The van der Waals surface area contributed by atoms with Crippen molar-refractivity contribution in [3.05, 3.63) is 75.8 Å². The molecule has 5 heteroatoms. The molecular weight excluding hydrogens is 302 g/mol. The molecule has 0 fully saturated rings. The summed E-state index contributed by atoms with van der Waals surface area (Å²) in [6.07, 6.45) is 7.08. The van der Waals surface area contributed by atoms with E-state index in [1.165, 1.54) is 5.56 Å². The van der Waals surface area contributed by atoms with Gasteiger partial charge in [0.15, 0.2) is 0 Å². The van der Waals surface area contributed by atoms with Gasteiger partial charge in [-0.1, -0.05) is 18.2 Å². The summed E-state index contributed by atoms with van der Waals surface area (Å²) in [4.78, 5) is 29.3. The predicted octanol–water partition coefficient (Wildman–Crippen LogP) is 2.27. The molecule has 24 heavy (non-hydrogen) atoms. The van der Waals surface area contributed by atoms with Crippen LogP contribution in [0.2, 0.25) is 0 Å². The number of rotatable bonds is 3. The van der Waals surface area contributed by atoms with Crippen LogP contribution in [0.3, 0.4) is 0 Å². The highest BCUT2D eigenvalue weighted by atomic mass is 16.2. The van der Waals surface area contributed by atoms with Crippen molar-refractivity contribution in [1.82, 2.24) is 14.9 Å². The molecule has 1 N–H and O–H groups in total. The Bertz CT molecular complexity index is 977. The number of nitrogens with one attached hydrogen (secondary N) is 1. The smallest absolute Gasteiger partial charge is 0.257 e. The van der Waals surface area contributed by atoms with Crippen LogP contribution < -0.4 is 10.7 Å². The van der Waals surface area contributed by atoms with E-state index in [1.54, 1.807) is 24.7 Å². The molecule has 0 unspecified atom stereocenters. The first kappa shape index (κ1) is 14.6. The van der Waals surface area contributed by atoms with E-state index >= 15 is 0 Å². The van der Waals surface area contributed by atoms with Gasteiger partial charge >= 0.3 is 0 Å². The summed E-state index contributed by atoms with van der Waals surface area (Å²) in [5.41, 5.74) is 3.05. The topological polar surface area (TPSA) is 64.0 Å². The maximum atomic E-state index is 12.7. The van der Waals surface area contributed by atoms with Crippen molar-refractivity contribution in [2.45, 2.75) is 25.9 Å². The Morgan fingerprint density at radius 2 is 2.17 bits per heavy atom. The third kappa shape index (κ3) is 2.48. The zero-order chi connectivity index (χ0) is 16.5. The Morgan fingerprint density at radius 3 is 3.00 bits per heavy atom. The number of pyridine rings is 2. The van der Waals surface area contributed by atoms with Crippen molar-refractivity contribution in [2.75, 3.05) is 0 Å². The van der Waals surface area contributed by atoms with Gasteiger partial charge in [0.2, 0.25) is 5.43 Å². The fourth-order valence-corrected chi connectivity index (χ4v) is 3.30. The molecule has 1 aliphatic heterocycles. The summed E-state index contributed by atoms with van der Waals surface area (Å²) in [7, 11) is 0. The van der Waals surface area contributed by atoms with Crippen LogP contribution in [0.25, 0.3) is 10.9 Å². The molecule has 1 amide bonds. The van der Waals surface area contributed by atoms with Crippen molar-refractivity contribution in [3.63, 3.8) is 0 Å². The highest BCUT2D eigenvalue weighted by Gasteiger charge is 2.19. The second-order valence-electron chi connectivity index (χ2n) is 6.03. The van der Waals surface area contributed by atoms with E-state index in [0.29, 0.717) is 11.9 Å². The summed E-state index contributed by atoms with van der Waals surface area (Å²) in [6.45, 7) is 1.18. The molecule has 120 valence electrons. The lowest BCUT2D eigenvalue weighted by atomic mass is 10.00. The lowest BCUT2D eigenvalue weighted by Crippen LogP contribution is -2.30. The van der Waals surface area contributed by atoms with Gasteiger partial charge in [-0.3, -0.25) is 14.6 Å². The molecule has 1 aromatic carbocycles. The average Bonchev–Trinajstić information content (AvgIpc) is 2.63. The second kappa shape index (κ2) is 5.92. The summed E-state index contributed by atoms with van der Waals surface area (Å²) in [6, 6.07) is 9.46. The van der Waals surface area contributed by atoms with Gasteiger partial charge in [0.1, 0.15) is 5.56 Å². The molecule has 3 heterocycles. The number of aromatic nitrogens is 2. The maximum absolute atomic E-state index is 12.7. The molecule has 3 aromatic rings. The Balaban J connectivity index is 1.71. The number of hydrogen-bond acceptors (Lipinski definition) is 3. The van der Waals surface area contributed by atoms with Crippen LogP contribution >= 0.6 is 0 Å². The van der Waals surface area contributed by atoms with E-state index in [0.717, 1.165) is 30.5 Å². The molecule has 0 saturated carbocycles. The standard InChI is InChI=1S/C19H17N3O2/c23-18-15-7-1-5-14-6-3-9-22(17(14)15)12-16(18)19(24)21-11-13-4-2-8-20-10-13/h1-2,4-5,7-8,10,12H,3,6,9,11H2,(H,21,24). The minimum absolute atomic E-state index is 0.199. The fourth-order valence-electron chi connectivity index (χ4n) is 3.30. The van der Waals surface area contributed by atoms with Crippen LogP contribution in [0.5, 0.6) is 0 Å². The molecule has 0 saturated heterocycles. The molecule has 4 rings (SSSR count). The van der Waals surface area contributed by atoms with Crippen LogP contribution in [0, 0.1) is 0 Å². The van der Waals surface area contributed by atoms with Gasteiger partial charge in [0, 0.05) is 37.1 Å². The third-order valence-electron chi connectivity index (χ3n) is 4.45. The summed E-state index contributed by atoms with van der Waals surface area (Å²) < 4.78 is 2.04. The minimum atomic E-state index is -0.342. The zero-order valence-electron chi connectivity index (χ0n) is 13.2. The highest BCUT2D eigenvalue weighted by Crippen LogP contribution is 2.23. The molecule has 2 aromatic heterocycles. The van der Waals surface area contributed by atoms with Crippen molar-refractivity contribution in [2.24, 2.45) is 0 Å². The van der Waals surface area contributed by atoms with Crippen molar-refractivity contribution in [1.29, 1.82) is 0 Å². The molecule has 0 atom stereocenters. The highest BCUT2D eigenvalue weighted by molar-refractivity contribution is 5.97.